The Morgan fingerprint density at radius 1 is 1.31 bits per heavy atom. The van der Waals surface area contributed by atoms with Crippen LogP contribution in [0.2, 0.25) is 5.15 Å². The van der Waals surface area contributed by atoms with Crippen LogP contribution in [0.5, 0.6) is 5.75 Å². The second kappa shape index (κ2) is 4.11. The molecule has 0 bridgehead atoms. The summed E-state index contributed by atoms with van der Waals surface area (Å²) in [4.78, 5) is 0. The van der Waals surface area contributed by atoms with Gasteiger partial charge in [-0.15, -0.1) is 0 Å². The maximum Gasteiger partial charge on any atom is 1.00 e. The summed E-state index contributed by atoms with van der Waals surface area (Å²) in [5.74, 6) is 0.0299. The quantitative estimate of drug-likeness (QED) is 0.634. The molecule has 0 saturated heterocycles. The maximum absolute atomic E-state index is 9.44. The number of hydrogen-bond donors (Lipinski definition) is 1. The fraction of sp³-hybridized carbons (Fsp3) is 0. The summed E-state index contributed by atoms with van der Waals surface area (Å²) in [7, 11) is 0. The van der Waals surface area contributed by atoms with E-state index in [9.17, 15) is 5.11 Å². The van der Waals surface area contributed by atoms with Gasteiger partial charge in [0, 0.05) is 17.2 Å². The minimum Gasteiger partial charge on any atom is -1.00 e. The first-order valence-electron chi connectivity index (χ1n) is 3.36. The topological polar surface area (TPSA) is 25.2 Å². The molecular formula is C8H6Cl2NNaO. The second-order valence-corrected chi connectivity index (χ2v) is 3.13. The molecular weight excluding hydrogens is 220 g/mol. The third-order valence-electron chi connectivity index (χ3n) is 1.74. The number of rotatable bonds is 0. The van der Waals surface area contributed by atoms with Crippen LogP contribution in [0.15, 0.2) is 24.3 Å². The van der Waals surface area contributed by atoms with Crippen LogP contribution in [0.4, 0.5) is 0 Å². The van der Waals surface area contributed by atoms with Gasteiger partial charge in [0.05, 0.1) is 5.52 Å². The normalized spacial score (nSPS) is 10.0. The molecule has 0 radical (unpaired) electrons. The average molecular weight is 226 g/mol. The van der Waals surface area contributed by atoms with Gasteiger partial charge in [-0.2, -0.15) is 0 Å². The van der Waals surface area contributed by atoms with Crippen LogP contribution in [0, 0.1) is 0 Å². The van der Waals surface area contributed by atoms with Gasteiger partial charge >= 0.3 is 29.6 Å². The van der Waals surface area contributed by atoms with Gasteiger partial charge in [-0.25, -0.2) is 4.09 Å². The Kier molecular flexibility index (Phi) is 3.55. The van der Waals surface area contributed by atoms with Crippen molar-refractivity contribution in [3.63, 3.8) is 0 Å². The Morgan fingerprint density at radius 3 is 2.54 bits per heavy atom. The summed E-state index contributed by atoms with van der Waals surface area (Å²) >= 11 is 11.5. The van der Waals surface area contributed by atoms with Crippen molar-refractivity contribution < 1.29 is 36.1 Å². The first-order valence-corrected chi connectivity index (χ1v) is 4.07. The van der Waals surface area contributed by atoms with Gasteiger partial charge in [-0.1, -0.05) is 23.7 Å². The van der Waals surface area contributed by atoms with E-state index in [4.69, 9.17) is 23.4 Å². The van der Waals surface area contributed by atoms with Gasteiger partial charge in [-0.3, -0.25) is 0 Å². The Bertz CT molecular complexity index is 407. The summed E-state index contributed by atoms with van der Waals surface area (Å²) in [6, 6.07) is 7.19. The minimum atomic E-state index is 0. The van der Waals surface area contributed by atoms with Gasteiger partial charge in [0.2, 0.25) is 0 Å². The van der Waals surface area contributed by atoms with Crippen LogP contribution >= 0.6 is 23.4 Å². The molecule has 2 nitrogen and oxygen atoms in total. The molecule has 1 heterocycles. The van der Waals surface area contributed by atoms with Crippen molar-refractivity contribution in [2.45, 2.75) is 0 Å². The van der Waals surface area contributed by atoms with Gasteiger partial charge in [-0.05, 0) is 12.1 Å². The van der Waals surface area contributed by atoms with Crippen molar-refractivity contribution in [1.82, 2.24) is 4.09 Å². The van der Waals surface area contributed by atoms with Gasteiger partial charge < -0.3 is 6.53 Å². The summed E-state index contributed by atoms with van der Waals surface area (Å²) in [6.45, 7) is 0. The molecule has 0 amide bonds. The average Bonchev–Trinajstić information content (AvgIpc) is 2.33. The molecule has 2 rings (SSSR count). The van der Waals surface area contributed by atoms with E-state index in [1.165, 1.54) is 4.09 Å². The van der Waals surface area contributed by atoms with E-state index in [1.54, 1.807) is 12.1 Å². The molecule has 0 unspecified atom stereocenters. The molecule has 0 aliphatic rings. The zero-order valence-corrected chi connectivity index (χ0v) is 10.5. The number of hydrogen-bond acceptors (Lipinski definition) is 1. The second-order valence-electron chi connectivity index (χ2n) is 2.44. The number of fused-ring (bicyclic) bond motifs is 1. The minimum absolute atomic E-state index is 0. The maximum atomic E-state index is 9.44. The third kappa shape index (κ3) is 1.69. The van der Waals surface area contributed by atoms with E-state index in [2.05, 4.69) is 0 Å². The van der Waals surface area contributed by atoms with Gasteiger partial charge in [0.25, 0.3) is 0 Å². The van der Waals surface area contributed by atoms with Crippen molar-refractivity contribution in [2.75, 3.05) is 0 Å². The fourth-order valence-corrected chi connectivity index (χ4v) is 1.58. The molecule has 0 saturated carbocycles. The molecule has 0 spiro atoms. The zero-order chi connectivity index (χ0) is 8.72. The molecule has 5 heteroatoms. The molecule has 0 atom stereocenters. The molecule has 64 valence electrons. The number of nitrogens with zero attached hydrogens (tertiary/aromatic N) is 1. The Morgan fingerprint density at radius 2 is 1.92 bits per heavy atom. The van der Waals surface area contributed by atoms with Crippen LogP contribution in [0.25, 0.3) is 10.9 Å². The molecule has 13 heavy (non-hydrogen) atoms. The number of benzene rings is 1. The monoisotopic (exact) mass is 225 g/mol. The summed E-state index contributed by atoms with van der Waals surface area (Å²) in [5, 5.41) is 10.3. The van der Waals surface area contributed by atoms with Crippen LogP contribution in [0.1, 0.15) is 1.43 Å². The van der Waals surface area contributed by atoms with E-state index in [0.717, 1.165) is 0 Å². The van der Waals surface area contributed by atoms with Gasteiger partial charge in [0.1, 0.15) is 0 Å². The van der Waals surface area contributed by atoms with Crippen molar-refractivity contribution >= 4 is 34.3 Å². The molecule has 0 aliphatic heterocycles. The number of halogens is 2. The number of para-hydroxylation sites is 1. The number of aromatic nitrogens is 1. The van der Waals surface area contributed by atoms with E-state index in [0.29, 0.717) is 10.9 Å². The van der Waals surface area contributed by atoms with Crippen LogP contribution in [0.3, 0.4) is 0 Å². The first kappa shape index (κ1) is 11.2. The molecule has 1 aromatic carbocycles. The van der Waals surface area contributed by atoms with E-state index >= 15 is 0 Å². The summed E-state index contributed by atoms with van der Waals surface area (Å²) in [5.41, 5.74) is 0.710. The summed E-state index contributed by atoms with van der Waals surface area (Å²) in [6.07, 6.45) is 0. The molecule has 1 N–H and O–H groups in total. The predicted octanol–water partition coefficient (Wildman–Crippen LogP) is 0.119. The molecule has 0 fully saturated rings. The van der Waals surface area contributed by atoms with Crippen molar-refractivity contribution in [3.05, 3.63) is 29.4 Å². The largest absolute Gasteiger partial charge is 1.00 e. The van der Waals surface area contributed by atoms with Crippen molar-refractivity contribution in [2.24, 2.45) is 0 Å². The smallest absolute Gasteiger partial charge is 1.00 e. The SMILES string of the molecule is Oc1c(Cl)n(Cl)c2ccccc12.[H-].[Na+]. The first-order chi connectivity index (χ1) is 5.72. The Labute approximate surface area is 109 Å². The standard InChI is InChI=1S/C8H5Cl2NO.Na.H/c9-8-7(12)5-3-1-2-4-6(5)11(8)10;;/h1-4,12H;;/q;+1;-1. The molecule has 0 aliphatic carbocycles. The van der Waals surface area contributed by atoms with Gasteiger partial charge in [0.15, 0.2) is 10.9 Å². The van der Waals surface area contributed by atoms with E-state index in [1.807, 2.05) is 12.1 Å². The zero-order valence-electron chi connectivity index (χ0n) is 7.96. The fourth-order valence-electron chi connectivity index (χ4n) is 1.15. The Hall–Kier alpha value is 0.140. The number of aromatic hydroxyl groups is 1. The predicted molar refractivity (Wildman–Crippen MR) is 51.0 cm³/mol. The van der Waals surface area contributed by atoms with Crippen molar-refractivity contribution in [1.29, 1.82) is 0 Å². The van der Waals surface area contributed by atoms with E-state index < -0.39 is 0 Å². The van der Waals surface area contributed by atoms with Crippen LogP contribution in [-0.4, -0.2) is 9.19 Å². The molecule has 1 aromatic heterocycles. The van der Waals surface area contributed by atoms with Crippen molar-refractivity contribution in [3.8, 4) is 5.75 Å². The third-order valence-corrected chi connectivity index (χ3v) is 2.52. The van der Waals surface area contributed by atoms with Crippen LogP contribution < -0.4 is 29.6 Å². The summed E-state index contributed by atoms with van der Waals surface area (Å²) < 4.78 is 1.23. The van der Waals surface area contributed by atoms with E-state index in [-0.39, 0.29) is 41.9 Å². The van der Waals surface area contributed by atoms with Crippen LogP contribution in [-0.2, 0) is 0 Å². The molecule has 2 aromatic rings. The Balaban J connectivity index is 0.000000845.